The predicted molar refractivity (Wildman–Crippen MR) is 65.4 cm³/mol. The number of benzene rings is 1. The molecule has 18 heavy (non-hydrogen) atoms. The molecule has 0 bridgehead atoms. The highest BCUT2D eigenvalue weighted by atomic mass is 16.5. The van der Waals surface area contributed by atoms with Gasteiger partial charge in [-0.25, -0.2) is 4.79 Å². The SMILES string of the molecule is COC(=O)c1c(C)[nH]c2ccc(C#N)cc2c1=O. The Morgan fingerprint density at radius 1 is 1.44 bits per heavy atom. The summed E-state index contributed by atoms with van der Waals surface area (Å²) in [5.41, 5.74) is 0.950. The molecular formula is C13H10N2O3. The Balaban J connectivity index is 2.87. The van der Waals surface area contributed by atoms with E-state index >= 15 is 0 Å². The van der Waals surface area contributed by atoms with Crippen molar-refractivity contribution in [3.05, 3.63) is 45.2 Å². The second-order valence-electron chi connectivity index (χ2n) is 3.82. The molecule has 5 heteroatoms. The van der Waals surface area contributed by atoms with E-state index in [1.165, 1.54) is 13.2 Å². The lowest BCUT2D eigenvalue weighted by atomic mass is 10.1. The molecule has 0 fully saturated rings. The van der Waals surface area contributed by atoms with E-state index in [0.29, 0.717) is 22.2 Å². The molecule has 0 radical (unpaired) electrons. The number of H-pyrrole nitrogens is 1. The number of nitriles is 1. The number of ether oxygens (including phenoxy) is 1. The van der Waals surface area contributed by atoms with E-state index in [1.807, 2.05) is 6.07 Å². The number of fused-ring (bicyclic) bond motifs is 1. The lowest BCUT2D eigenvalue weighted by molar-refractivity contribution is 0.0598. The maximum absolute atomic E-state index is 12.2. The molecule has 0 saturated carbocycles. The minimum atomic E-state index is -0.682. The molecule has 0 aliphatic heterocycles. The van der Waals surface area contributed by atoms with Crippen LogP contribution in [-0.2, 0) is 4.74 Å². The molecule has 0 aliphatic carbocycles. The number of nitrogens with zero attached hydrogens (tertiary/aromatic N) is 1. The maximum atomic E-state index is 12.2. The van der Waals surface area contributed by atoms with Crippen molar-refractivity contribution in [1.29, 1.82) is 5.26 Å². The van der Waals surface area contributed by atoms with Gasteiger partial charge in [0.2, 0.25) is 5.43 Å². The van der Waals surface area contributed by atoms with Crippen LogP contribution in [0.4, 0.5) is 0 Å². The zero-order chi connectivity index (χ0) is 13.3. The van der Waals surface area contributed by atoms with Gasteiger partial charge in [-0.2, -0.15) is 5.26 Å². The van der Waals surface area contributed by atoms with Crippen molar-refractivity contribution in [2.75, 3.05) is 7.11 Å². The van der Waals surface area contributed by atoms with Crippen LogP contribution in [0.5, 0.6) is 0 Å². The topological polar surface area (TPSA) is 82.9 Å². The molecule has 1 aromatic carbocycles. The van der Waals surface area contributed by atoms with E-state index in [2.05, 4.69) is 9.72 Å². The first-order valence-electron chi connectivity index (χ1n) is 5.23. The highest BCUT2D eigenvalue weighted by Crippen LogP contribution is 2.13. The molecule has 0 spiro atoms. The molecule has 0 unspecified atom stereocenters. The molecule has 0 aliphatic rings. The number of hydrogen-bond donors (Lipinski definition) is 1. The Hall–Kier alpha value is -2.61. The van der Waals surface area contributed by atoms with Gasteiger partial charge in [0.05, 0.1) is 18.7 Å². The summed E-state index contributed by atoms with van der Waals surface area (Å²) in [6.07, 6.45) is 0. The smallest absolute Gasteiger partial charge is 0.343 e. The van der Waals surface area contributed by atoms with Crippen LogP contribution >= 0.6 is 0 Å². The van der Waals surface area contributed by atoms with Gasteiger partial charge >= 0.3 is 5.97 Å². The standard InChI is InChI=1S/C13H10N2O3/c1-7-11(13(17)18-2)12(16)9-5-8(6-14)3-4-10(9)15-7/h3-5H,1-2H3,(H,15,16). The summed E-state index contributed by atoms with van der Waals surface area (Å²) in [6.45, 7) is 1.63. The lowest BCUT2D eigenvalue weighted by Crippen LogP contribution is -2.19. The molecule has 0 atom stereocenters. The second-order valence-corrected chi connectivity index (χ2v) is 3.82. The number of aromatic amines is 1. The number of carbonyl (C=O) groups excluding carboxylic acids is 1. The monoisotopic (exact) mass is 242 g/mol. The molecule has 2 rings (SSSR count). The summed E-state index contributed by atoms with van der Waals surface area (Å²) < 4.78 is 4.58. The van der Waals surface area contributed by atoms with E-state index in [0.717, 1.165) is 0 Å². The predicted octanol–water partition coefficient (Wildman–Crippen LogP) is 1.49. The van der Waals surface area contributed by atoms with Crippen molar-refractivity contribution >= 4 is 16.9 Å². The summed E-state index contributed by atoms with van der Waals surface area (Å²) in [7, 11) is 1.22. The summed E-state index contributed by atoms with van der Waals surface area (Å²) >= 11 is 0. The van der Waals surface area contributed by atoms with E-state index < -0.39 is 11.4 Å². The summed E-state index contributed by atoms with van der Waals surface area (Å²) in [4.78, 5) is 26.7. The first kappa shape index (κ1) is 11.9. The van der Waals surface area contributed by atoms with Crippen LogP contribution in [0.25, 0.3) is 10.9 Å². The van der Waals surface area contributed by atoms with Crippen LogP contribution in [0, 0.1) is 18.3 Å². The Kier molecular flexibility index (Phi) is 2.86. The number of rotatable bonds is 1. The first-order valence-corrected chi connectivity index (χ1v) is 5.23. The van der Waals surface area contributed by atoms with Crippen LogP contribution in [0.1, 0.15) is 21.6 Å². The number of nitrogens with one attached hydrogen (secondary N) is 1. The molecule has 90 valence electrons. The van der Waals surface area contributed by atoms with Crippen molar-refractivity contribution in [3.63, 3.8) is 0 Å². The highest BCUT2D eigenvalue weighted by molar-refractivity contribution is 5.95. The minimum absolute atomic E-state index is 0.0277. The number of carbonyl (C=O) groups is 1. The number of aromatic nitrogens is 1. The van der Waals surface area contributed by atoms with E-state index in [9.17, 15) is 9.59 Å². The molecule has 0 saturated heterocycles. The number of methoxy groups -OCH3 is 1. The molecule has 1 heterocycles. The highest BCUT2D eigenvalue weighted by Gasteiger charge is 2.17. The Morgan fingerprint density at radius 2 is 2.17 bits per heavy atom. The van der Waals surface area contributed by atoms with E-state index in [4.69, 9.17) is 5.26 Å². The van der Waals surface area contributed by atoms with Gasteiger partial charge in [0.1, 0.15) is 5.56 Å². The molecular weight excluding hydrogens is 232 g/mol. The Morgan fingerprint density at radius 3 is 2.78 bits per heavy atom. The third-order valence-electron chi connectivity index (χ3n) is 2.71. The average molecular weight is 242 g/mol. The average Bonchev–Trinajstić information content (AvgIpc) is 2.38. The normalized spacial score (nSPS) is 10.1. The van der Waals surface area contributed by atoms with E-state index in [1.54, 1.807) is 19.1 Å². The Bertz CT molecular complexity index is 738. The molecule has 1 aromatic heterocycles. The maximum Gasteiger partial charge on any atom is 0.343 e. The third kappa shape index (κ3) is 1.74. The van der Waals surface area contributed by atoms with Gasteiger partial charge in [0.15, 0.2) is 0 Å². The third-order valence-corrected chi connectivity index (χ3v) is 2.71. The fourth-order valence-corrected chi connectivity index (χ4v) is 1.83. The summed E-state index contributed by atoms with van der Waals surface area (Å²) in [6, 6.07) is 6.66. The quantitative estimate of drug-likeness (QED) is 0.768. The number of hydrogen-bond acceptors (Lipinski definition) is 4. The minimum Gasteiger partial charge on any atom is -0.465 e. The van der Waals surface area contributed by atoms with Crippen molar-refractivity contribution in [1.82, 2.24) is 4.98 Å². The fourth-order valence-electron chi connectivity index (χ4n) is 1.83. The van der Waals surface area contributed by atoms with Gasteiger partial charge in [-0.3, -0.25) is 4.79 Å². The molecule has 1 N–H and O–H groups in total. The van der Waals surface area contributed by atoms with Crippen LogP contribution in [0.15, 0.2) is 23.0 Å². The van der Waals surface area contributed by atoms with Crippen molar-refractivity contribution in [3.8, 4) is 6.07 Å². The molecule has 5 nitrogen and oxygen atoms in total. The lowest BCUT2D eigenvalue weighted by Gasteiger charge is -2.06. The molecule has 2 aromatic rings. The van der Waals surface area contributed by atoms with Gasteiger partial charge in [-0.05, 0) is 25.1 Å². The number of esters is 1. The van der Waals surface area contributed by atoms with Gasteiger partial charge in [-0.15, -0.1) is 0 Å². The first-order chi connectivity index (χ1) is 8.58. The molecule has 0 amide bonds. The van der Waals surface area contributed by atoms with Crippen LogP contribution in [0.3, 0.4) is 0 Å². The van der Waals surface area contributed by atoms with Crippen molar-refractivity contribution < 1.29 is 9.53 Å². The number of pyridine rings is 1. The van der Waals surface area contributed by atoms with Crippen LogP contribution in [0.2, 0.25) is 0 Å². The van der Waals surface area contributed by atoms with Gasteiger partial charge in [-0.1, -0.05) is 0 Å². The van der Waals surface area contributed by atoms with Gasteiger partial charge < -0.3 is 9.72 Å². The van der Waals surface area contributed by atoms with Crippen molar-refractivity contribution in [2.45, 2.75) is 6.92 Å². The number of aryl methyl sites for hydroxylation is 1. The zero-order valence-electron chi connectivity index (χ0n) is 9.90. The van der Waals surface area contributed by atoms with Crippen molar-refractivity contribution in [2.24, 2.45) is 0 Å². The van der Waals surface area contributed by atoms with Gasteiger partial charge in [0.25, 0.3) is 0 Å². The van der Waals surface area contributed by atoms with Crippen LogP contribution in [-0.4, -0.2) is 18.1 Å². The Labute approximate surface area is 103 Å². The summed E-state index contributed by atoms with van der Waals surface area (Å²) in [5.74, 6) is -0.682. The largest absolute Gasteiger partial charge is 0.465 e. The van der Waals surface area contributed by atoms with Crippen LogP contribution < -0.4 is 5.43 Å². The van der Waals surface area contributed by atoms with E-state index in [-0.39, 0.29) is 5.56 Å². The zero-order valence-corrected chi connectivity index (χ0v) is 9.90. The van der Waals surface area contributed by atoms with Gasteiger partial charge in [0, 0.05) is 16.6 Å². The summed E-state index contributed by atoms with van der Waals surface area (Å²) in [5, 5.41) is 9.12. The second kappa shape index (κ2) is 4.34. The fraction of sp³-hybridized carbons (Fsp3) is 0.154.